The molecule has 1 aromatic carbocycles. The van der Waals surface area contributed by atoms with Crippen LogP contribution in [-0.2, 0) is 7.05 Å². The second kappa shape index (κ2) is 4.58. The minimum Gasteiger partial charge on any atom is -0.481 e. The van der Waals surface area contributed by atoms with Crippen molar-refractivity contribution in [3.8, 4) is 11.9 Å². The molecular weight excluding hydrogens is 216 g/mol. The second-order valence-electron chi connectivity index (χ2n) is 3.48. The predicted molar refractivity (Wildman–Crippen MR) is 64.2 cm³/mol. The topological polar surface area (TPSA) is 62.9 Å². The summed E-state index contributed by atoms with van der Waals surface area (Å²) in [5.41, 5.74) is 1.31. The van der Waals surface area contributed by atoms with Crippen molar-refractivity contribution in [2.24, 2.45) is 7.05 Å². The summed E-state index contributed by atoms with van der Waals surface area (Å²) in [6, 6.07) is 11.2. The van der Waals surface area contributed by atoms with Crippen LogP contribution in [0, 0.1) is 11.3 Å². The summed E-state index contributed by atoms with van der Waals surface area (Å²) in [6.07, 6.45) is 0. The van der Waals surface area contributed by atoms with E-state index in [2.05, 4.69) is 16.5 Å². The maximum Gasteiger partial charge on any atom is 0.213 e. The van der Waals surface area contributed by atoms with Gasteiger partial charge in [-0.1, -0.05) is 12.1 Å². The van der Waals surface area contributed by atoms with Gasteiger partial charge in [0, 0.05) is 13.1 Å². The molecule has 0 aliphatic heterocycles. The number of benzene rings is 1. The molecule has 0 saturated heterocycles. The zero-order valence-corrected chi connectivity index (χ0v) is 9.64. The van der Waals surface area contributed by atoms with E-state index in [0.717, 1.165) is 5.69 Å². The zero-order valence-electron chi connectivity index (χ0n) is 9.64. The molecule has 1 aromatic heterocycles. The van der Waals surface area contributed by atoms with Gasteiger partial charge in [-0.15, -0.1) is 0 Å². The van der Waals surface area contributed by atoms with Crippen molar-refractivity contribution in [1.82, 2.24) is 9.78 Å². The first kappa shape index (κ1) is 11.0. The third kappa shape index (κ3) is 2.21. The van der Waals surface area contributed by atoms with Gasteiger partial charge in [-0.3, -0.25) is 0 Å². The molecule has 0 spiro atoms. The summed E-state index contributed by atoms with van der Waals surface area (Å²) < 4.78 is 6.74. The molecule has 17 heavy (non-hydrogen) atoms. The van der Waals surface area contributed by atoms with E-state index in [1.165, 1.54) is 0 Å². The number of anilines is 2. The molecule has 2 aromatic rings. The van der Waals surface area contributed by atoms with Gasteiger partial charge in [0.25, 0.3) is 0 Å². The molecule has 0 radical (unpaired) electrons. The molecule has 0 unspecified atom stereocenters. The van der Waals surface area contributed by atoms with Crippen LogP contribution >= 0.6 is 0 Å². The summed E-state index contributed by atoms with van der Waals surface area (Å²) in [7, 11) is 3.38. The van der Waals surface area contributed by atoms with Crippen LogP contribution in [0.4, 0.5) is 11.5 Å². The number of para-hydroxylation sites is 1. The van der Waals surface area contributed by atoms with E-state index in [1.54, 1.807) is 31.0 Å². The molecule has 1 N–H and O–H groups in total. The molecule has 0 aliphatic rings. The number of nitrogens with zero attached hydrogens (tertiary/aromatic N) is 3. The minimum absolute atomic E-state index is 0.581. The van der Waals surface area contributed by atoms with E-state index in [-0.39, 0.29) is 0 Å². The molecule has 5 heteroatoms. The second-order valence-corrected chi connectivity index (χ2v) is 3.48. The Labute approximate surface area is 99.2 Å². The van der Waals surface area contributed by atoms with Crippen LogP contribution in [0.1, 0.15) is 5.56 Å². The first-order valence-corrected chi connectivity index (χ1v) is 5.09. The van der Waals surface area contributed by atoms with E-state index in [4.69, 9.17) is 10.00 Å². The van der Waals surface area contributed by atoms with Gasteiger partial charge in [0.15, 0.2) is 5.82 Å². The number of ether oxygens (including phenoxy) is 1. The molecule has 0 amide bonds. The predicted octanol–water partition coefficient (Wildman–Crippen LogP) is 2.04. The molecule has 5 nitrogen and oxygen atoms in total. The van der Waals surface area contributed by atoms with E-state index >= 15 is 0 Å². The number of aromatic nitrogens is 2. The third-order valence-electron chi connectivity index (χ3n) is 2.36. The Hall–Kier alpha value is -2.48. The van der Waals surface area contributed by atoms with Gasteiger partial charge in [-0.25, -0.2) is 4.68 Å². The Morgan fingerprint density at radius 1 is 1.41 bits per heavy atom. The number of hydrogen-bond donors (Lipinski definition) is 1. The maximum absolute atomic E-state index is 8.96. The lowest BCUT2D eigenvalue weighted by Crippen LogP contribution is -1.97. The van der Waals surface area contributed by atoms with Gasteiger partial charge in [-0.05, 0) is 12.1 Å². The Bertz CT molecular complexity index is 568. The van der Waals surface area contributed by atoms with Crippen LogP contribution in [0.2, 0.25) is 0 Å². The fourth-order valence-electron chi connectivity index (χ4n) is 1.53. The summed E-state index contributed by atoms with van der Waals surface area (Å²) in [5.74, 6) is 1.30. The molecule has 0 aliphatic carbocycles. The average molecular weight is 228 g/mol. The van der Waals surface area contributed by atoms with Crippen molar-refractivity contribution < 1.29 is 4.74 Å². The molecule has 0 bridgehead atoms. The van der Waals surface area contributed by atoms with Crippen molar-refractivity contribution in [2.75, 3.05) is 12.4 Å². The van der Waals surface area contributed by atoms with E-state index in [0.29, 0.717) is 17.3 Å². The van der Waals surface area contributed by atoms with Gasteiger partial charge < -0.3 is 10.1 Å². The summed E-state index contributed by atoms with van der Waals surface area (Å²) in [6.45, 7) is 0. The number of nitrogens with one attached hydrogen (secondary N) is 1. The van der Waals surface area contributed by atoms with Crippen molar-refractivity contribution in [1.29, 1.82) is 5.26 Å². The van der Waals surface area contributed by atoms with Gasteiger partial charge in [0.05, 0.1) is 18.4 Å². The number of hydrogen-bond acceptors (Lipinski definition) is 4. The van der Waals surface area contributed by atoms with Crippen LogP contribution < -0.4 is 10.1 Å². The summed E-state index contributed by atoms with van der Waals surface area (Å²) >= 11 is 0. The number of nitriles is 1. The first-order chi connectivity index (χ1) is 8.24. The van der Waals surface area contributed by atoms with Gasteiger partial charge in [0.1, 0.15) is 6.07 Å². The molecular formula is C12H12N4O. The Balaban J connectivity index is 2.29. The van der Waals surface area contributed by atoms with E-state index in [9.17, 15) is 0 Å². The van der Waals surface area contributed by atoms with Crippen LogP contribution in [0.15, 0.2) is 30.3 Å². The third-order valence-corrected chi connectivity index (χ3v) is 2.36. The molecule has 0 saturated carbocycles. The monoisotopic (exact) mass is 228 g/mol. The van der Waals surface area contributed by atoms with Crippen molar-refractivity contribution in [3.63, 3.8) is 0 Å². The standard InChI is InChI=1S/C12H12N4O/c1-16-12(17-2)7-11(15-16)14-10-6-4-3-5-9(10)8-13/h3-7H,1-2H3,(H,14,15). The molecule has 0 fully saturated rings. The van der Waals surface area contributed by atoms with Crippen LogP contribution in [0.3, 0.4) is 0 Å². The average Bonchev–Trinajstić information content (AvgIpc) is 2.70. The maximum atomic E-state index is 8.96. The Morgan fingerprint density at radius 2 is 2.18 bits per heavy atom. The lowest BCUT2D eigenvalue weighted by molar-refractivity contribution is 0.373. The zero-order chi connectivity index (χ0) is 12.3. The van der Waals surface area contributed by atoms with Crippen molar-refractivity contribution in [2.45, 2.75) is 0 Å². The highest BCUT2D eigenvalue weighted by Crippen LogP contribution is 2.22. The first-order valence-electron chi connectivity index (χ1n) is 5.09. The molecule has 1 heterocycles. The normalized spacial score (nSPS) is 9.71. The fraction of sp³-hybridized carbons (Fsp3) is 0.167. The minimum atomic E-state index is 0.581. The lowest BCUT2D eigenvalue weighted by Gasteiger charge is -2.03. The number of aryl methyl sites for hydroxylation is 1. The summed E-state index contributed by atoms with van der Waals surface area (Å²) in [4.78, 5) is 0. The SMILES string of the molecule is COc1cc(Nc2ccccc2C#N)nn1C. The Morgan fingerprint density at radius 3 is 2.82 bits per heavy atom. The van der Waals surface area contributed by atoms with Gasteiger partial charge in [-0.2, -0.15) is 10.4 Å². The van der Waals surface area contributed by atoms with Gasteiger partial charge in [0.2, 0.25) is 5.88 Å². The van der Waals surface area contributed by atoms with Crippen molar-refractivity contribution in [3.05, 3.63) is 35.9 Å². The molecule has 2 rings (SSSR count). The van der Waals surface area contributed by atoms with Gasteiger partial charge >= 0.3 is 0 Å². The van der Waals surface area contributed by atoms with Crippen LogP contribution in [-0.4, -0.2) is 16.9 Å². The van der Waals surface area contributed by atoms with Crippen molar-refractivity contribution >= 4 is 11.5 Å². The highest BCUT2D eigenvalue weighted by molar-refractivity contribution is 5.64. The highest BCUT2D eigenvalue weighted by Gasteiger charge is 2.07. The fourth-order valence-corrected chi connectivity index (χ4v) is 1.53. The number of methoxy groups -OCH3 is 1. The quantitative estimate of drug-likeness (QED) is 0.873. The van der Waals surface area contributed by atoms with Crippen LogP contribution in [0.25, 0.3) is 0 Å². The van der Waals surface area contributed by atoms with Crippen LogP contribution in [0.5, 0.6) is 5.88 Å². The highest BCUT2D eigenvalue weighted by atomic mass is 16.5. The lowest BCUT2D eigenvalue weighted by atomic mass is 10.2. The van der Waals surface area contributed by atoms with E-state index in [1.807, 2.05) is 18.2 Å². The smallest absolute Gasteiger partial charge is 0.213 e. The van der Waals surface area contributed by atoms with E-state index < -0.39 is 0 Å². The number of rotatable bonds is 3. The molecule has 86 valence electrons. The summed E-state index contributed by atoms with van der Waals surface area (Å²) in [5, 5.41) is 16.3. The Kier molecular flexibility index (Phi) is 2.97. The molecule has 0 atom stereocenters. The largest absolute Gasteiger partial charge is 0.481 e.